The number of hydrogen-bond acceptors (Lipinski definition) is 2. The van der Waals surface area contributed by atoms with E-state index in [0.717, 1.165) is 17.3 Å². The number of carbonyl (C=O) groups excluding carboxylic acids is 1. The van der Waals surface area contributed by atoms with Crippen molar-refractivity contribution in [2.75, 3.05) is 13.1 Å². The van der Waals surface area contributed by atoms with Crippen LogP contribution in [0.4, 0.5) is 0 Å². The first kappa shape index (κ1) is 12.2. The third kappa shape index (κ3) is 2.47. The zero-order valence-electron chi connectivity index (χ0n) is 10.9. The minimum absolute atomic E-state index is 0.363. The van der Waals surface area contributed by atoms with Crippen molar-refractivity contribution in [2.45, 2.75) is 19.4 Å². The van der Waals surface area contributed by atoms with Gasteiger partial charge in [0.1, 0.15) is 0 Å². The van der Waals surface area contributed by atoms with E-state index in [2.05, 4.69) is 17.0 Å². The summed E-state index contributed by atoms with van der Waals surface area (Å²) in [5.41, 5.74) is 7.31. The smallest absolute Gasteiger partial charge is 0.249 e. The van der Waals surface area contributed by atoms with Gasteiger partial charge in [-0.2, -0.15) is 0 Å². The van der Waals surface area contributed by atoms with Gasteiger partial charge in [0.25, 0.3) is 0 Å². The average molecular weight is 254 g/mol. The SMILES string of the molecule is NC(=O)c1cccc2cc(CN3CCCC3)ccc12. The van der Waals surface area contributed by atoms with Gasteiger partial charge in [-0.15, -0.1) is 0 Å². The predicted octanol–water partition coefficient (Wildman–Crippen LogP) is 2.53. The molecule has 1 heterocycles. The van der Waals surface area contributed by atoms with E-state index in [9.17, 15) is 4.79 Å². The lowest BCUT2D eigenvalue weighted by molar-refractivity contribution is 0.100. The van der Waals surface area contributed by atoms with Gasteiger partial charge in [-0.1, -0.05) is 24.3 Å². The molecule has 3 rings (SSSR count). The van der Waals surface area contributed by atoms with E-state index < -0.39 is 0 Å². The lowest BCUT2D eigenvalue weighted by Crippen LogP contribution is -2.18. The lowest BCUT2D eigenvalue weighted by atomic mass is 10.0. The Morgan fingerprint density at radius 1 is 1.16 bits per heavy atom. The van der Waals surface area contributed by atoms with E-state index >= 15 is 0 Å². The van der Waals surface area contributed by atoms with Gasteiger partial charge in [-0.3, -0.25) is 9.69 Å². The third-order valence-electron chi connectivity index (χ3n) is 3.82. The van der Waals surface area contributed by atoms with Gasteiger partial charge in [0, 0.05) is 12.1 Å². The highest BCUT2D eigenvalue weighted by molar-refractivity contribution is 6.06. The highest BCUT2D eigenvalue weighted by Gasteiger charge is 2.12. The number of hydrogen-bond donors (Lipinski definition) is 1. The molecule has 2 N–H and O–H groups in total. The molecule has 1 fully saturated rings. The topological polar surface area (TPSA) is 46.3 Å². The average Bonchev–Trinajstić information content (AvgIpc) is 2.90. The van der Waals surface area contributed by atoms with E-state index in [1.807, 2.05) is 18.2 Å². The fourth-order valence-corrected chi connectivity index (χ4v) is 2.85. The van der Waals surface area contributed by atoms with Crippen LogP contribution in [-0.4, -0.2) is 23.9 Å². The molecular formula is C16H18N2O. The van der Waals surface area contributed by atoms with Crippen molar-refractivity contribution in [3.8, 4) is 0 Å². The van der Waals surface area contributed by atoms with Crippen LogP contribution in [0.3, 0.4) is 0 Å². The number of rotatable bonds is 3. The number of carbonyl (C=O) groups is 1. The van der Waals surface area contributed by atoms with Gasteiger partial charge < -0.3 is 5.73 Å². The first-order valence-corrected chi connectivity index (χ1v) is 6.78. The number of amides is 1. The summed E-state index contributed by atoms with van der Waals surface area (Å²) in [7, 11) is 0. The Hall–Kier alpha value is -1.87. The number of fused-ring (bicyclic) bond motifs is 1. The summed E-state index contributed by atoms with van der Waals surface area (Å²) in [5, 5.41) is 2.04. The molecule has 0 spiro atoms. The number of benzene rings is 2. The van der Waals surface area contributed by atoms with Crippen molar-refractivity contribution in [3.05, 3.63) is 47.5 Å². The fourth-order valence-electron chi connectivity index (χ4n) is 2.85. The Labute approximate surface area is 113 Å². The van der Waals surface area contributed by atoms with E-state index in [4.69, 9.17) is 5.73 Å². The van der Waals surface area contributed by atoms with Crippen LogP contribution in [0.5, 0.6) is 0 Å². The number of likely N-dealkylation sites (tertiary alicyclic amines) is 1. The normalized spacial score (nSPS) is 16.0. The Morgan fingerprint density at radius 3 is 2.68 bits per heavy atom. The van der Waals surface area contributed by atoms with E-state index in [0.29, 0.717) is 5.56 Å². The summed E-state index contributed by atoms with van der Waals surface area (Å²) >= 11 is 0. The summed E-state index contributed by atoms with van der Waals surface area (Å²) in [6, 6.07) is 12.0. The van der Waals surface area contributed by atoms with Crippen LogP contribution in [0, 0.1) is 0 Å². The molecular weight excluding hydrogens is 236 g/mol. The standard InChI is InChI=1S/C16H18N2O/c17-16(19)15-5-3-4-13-10-12(6-7-14(13)15)11-18-8-1-2-9-18/h3-7,10H,1-2,8-9,11H2,(H2,17,19). The summed E-state index contributed by atoms with van der Waals surface area (Å²) in [6.07, 6.45) is 2.61. The lowest BCUT2D eigenvalue weighted by Gasteiger charge is -2.15. The molecule has 0 radical (unpaired) electrons. The van der Waals surface area contributed by atoms with Crippen molar-refractivity contribution in [1.29, 1.82) is 0 Å². The first-order chi connectivity index (χ1) is 9.24. The van der Waals surface area contributed by atoms with Crippen molar-refractivity contribution < 1.29 is 4.79 Å². The van der Waals surface area contributed by atoms with Crippen LogP contribution in [-0.2, 0) is 6.54 Å². The number of primary amides is 1. The molecule has 3 heteroatoms. The zero-order chi connectivity index (χ0) is 13.2. The molecule has 1 aliphatic heterocycles. The fraction of sp³-hybridized carbons (Fsp3) is 0.312. The van der Waals surface area contributed by atoms with Crippen LogP contribution in [0.25, 0.3) is 10.8 Å². The molecule has 19 heavy (non-hydrogen) atoms. The second-order valence-electron chi connectivity index (χ2n) is 5.21. The maximum absolute atomic E-state index is 11.4. The van der Waals surface area contributed by atoms with Crippen LogP contribution < -0.4 is 5.73 Å². The molecule has 1 amide bonds. The molecule has 98 valence electrons. The first-order valence-electron chi connectivity index (χ1n) is 6.78. The van der Waals surface area contributed by atoms with Crippen molar-refractivity contribution in [3.63, 3.8) is 0 Å². The van der Waals surface area contributed by atoms with Crippen LogP contribution in [0.1, 0.15) is 28.8 Å². The second kappa shape index (κ2) is 5.02. The number of nitrogens with two attached hydrogens (primary N) is 1. The third-order valence-corrected chi connectivity index (χ3v) is 3.82. The minimum Gasteiger partial charge on any atom is -0.366 e. The van der Waals surface area contributed by atoms with E-state index in [1.165, 1.54) is 31.5 Å². The molecule has 0 aliphatic carbocycles. The van der Waals surface area contributed by atoms with Gasteiger partial charge >= 0.3 is 0 Å². The second-order valence-corrected chi connectivity index (χ2v) is 5.21. The Balaban J connectivity index is 1.94. The van der Waals surface area contributed by atoms with Crippen LogP contribution >= 0.6 is 0 Å². The van der Waals surface area contributed by atoms with Crippen molar-refractivity contribution in [1.82, 2.24) is 4.90 Å². The van der Waals surface area contributed by atoms with Gasteiger partial charge in [-0.25, -0.2) is 0 Å². The molecule has 3 nitrogen and oxygen atoms in total. The Bertz CT molecular complexity index is 615. The quantitative estimate of drug-likeness (QED) is 0.915. The highest BCUT2D eigenvalue weighted by Crippen LogP contribution is 2.21. The minimum atomic E-state index is -0.363. The molecule has 0 saturated carbocycles. The van der Waals surface area contributed by atoms with Crippen LogP contribution in [0.15, 0.2) is 36.4 Å². The van der Waals surface area contributed by atoms with Crippen LogP contribution in [0.2, 0.25) is 0 Å². The molecule has 0 aromatic heterocycles. The maximum Gasteiger partial charge on any atom is 0.249 e. The van der Waals surface area contributed by atoms with Gasteiger partial charge in [0.2, 0.25) is 5.91 Å². The molecule has 0 unspecified atom stereocenters. The zero-order valence-corrected chi connectivity index (χ0v) is 10.9. The molecule has 1 aliphatic rings. The van der Waals surface area contributed by atoms with E-state index in [-0.39, 0.29) is 5.91 Å². The van der Waals surface area contributed by atoms with Crippen molar-refractivity contribution >= 4 is 16.7 Å². The van der Waals surface area contributed by atoms with E-state index in [1.54, 1.807) is 6.07 Å². The molecule has 2 aromatic rings. The van der Waals surface area contributed by atoms with Gasteiger partial charge in [0.15, 0.2) is 0 Å². The molecule has 1 saturated heterocycles. The Morgan fingerprint density at radius 2 is 1.95 bits per heavy atom. The summed E-state index contributed by atoms with van der Waals surface area (Å²) in [6.45, 7) is 3.38. The molecule has 2 aromatic carbocycles. The maximum atomic E-state index is 11.4. The van der Waals surface area contributed by atoms with Gasteiger partial charge in [0.05, 0.1) is 0 Å². The Kier molecular flexibility index (Phi) is 3.22. The molecule has 0 atom stereocenters. The predicted molar refractivity (Wildman–Crippen MR) is 77.0 cm³/mol. The number of nitrogens with zero attached hydrogens (tertiary/aromatic N) is 1. The monoisotopic (exact) mass is 254 g/mol. The van der Waals surface area contributed by atoms with Crippen molar-refractivity contribution in [2.24, 2.45) is 5.73 Å². The summed E-state index contributed by atoms with van der Waals surface area (Å²) < 4.78 is 0. The van der Waals surface area contributed by atoms with Gasteiger partial charge in [-0.05, 0) is 54.4 Å². The summed E-state index contributed by atoms with van der Waals surface area (Å²) in [5.74, 6) is -0.363. The highest BCUT2D eigenvalue weighted by atomic mass is 16.1. The molecule has 0 bridgehead atoms. The summed E-state index contributed by atoms with van der Waals surface area (Å²) in [4.78, 5) is 13.9. The largest absolute Gasteiger partial charge is 0.366 e.